The Labute approximate surface area is 135 Å². The molecule has 0 aliphatic rings. The average molecular weight is 318 g/mol. The molecular weight excluding hydrogens is 296 g/mol. The summed E-state index contributed by atoms with van der Waals surface area (Å²) in [6.07, 6.45) is 2.95. The van der Waals surface area contributed by atoms with Crippen molar-refractivity contribution in [1.82, 2.24) is 19.7 Å². The normalized spacial score (nSPS) is 11.8. The molecule has 1 atom stereocenters. The summed E-state index contributed by atoms with van der Waals surface area (Å²) in [5, 5.41) is 3.99. The van der Waals surface area contributed by atoms with Gasteiger partial charge in [-0.05, 0) is 26.0 Å². The van der Waals surface area contributed by atoms with E-state index in [4.69, 9.17) is 9.47 Å². The Hall–Kier alpha value is -2.57. The van der Waals surface area contributed by atoms with Gasteiger partial charge in [-0.25, -0.2) is 9.67 Å². The molecule has 0 bridgehead atoms. The van der Waals surface area contributed by atoms with E-state index >= 15 is 0 Å². The lowest BCUT2D eigenvalue weighted by Crippen LogP contribution is -2.36. The Kier molecular flexibility index (Phi) is 5.96. The number of benzene rings is 1. The van der Waals surface area contributed by atoms with Crippen molar-refractivity contribution >= 4 is 5.91 Å². The van der Waals surface area contributed by atoms with Crippen molar-refractivity contribution in [2.45, 2.75) is 19.9 Å². The molecule has 23 heavy (non-hydrogen) atoms. The van der Waals surface area contributed by atoms with Crippen molar-refractivity contribution in [3.05, 3.63) is 36.9 Å². The summed E-state index contributed by atoms with van der Waals surface area (Å²) in [6, 6.07) is 7.11. The number of hydrogen-bond acceptors (Lipinski definition) is 5. The van der Waals surface area contributed by atoms with Gasteiger partial charge in [-0.2, -0.15) is 5.10 Å². The number of hydrogen-bond donors (Lipinski definition) is 0. The van der Waals surface area contributed by atoms with Gasteiger partial charge in [0.15, 0.2) is 11.5 Å². The molecule has 1 amide bonds. The molecule has 0 fully saturated rings. The van der Waals surface area contributed by atoms with E-state index in [1.807, 2.05) is 31.2 Å². The number of amides is 1. The maximum Gasteiger partial charge on any atom is 0.247 e. The molecular formula is C16H22N4O3. The molecule has 0 aliphatic carbocycles. The van der Waals surface area contributed by atoms with E-state index in [1.54, 1.807) is 18.9 Å². The van der Waals surface area contributed by atoms with Gasteiger partial charge in [-0.3, -0.25) is 4.79 Å². The summed E-state index contributed by atoms with van der Waals surface area (Å²) in [5.41, 5.74) is 0. The monoisotopic (exact) mass is 318 g/mol. The van der Waals surface area contributed by atoms with Crippen molar-refractivity contribution in [3.8, 4) is 11.5 Å². The molecule has 7 nitrogen and oxygen atoms in total. The molecule has 124 valence electrons. The van der Waals surface area contributed by atoms with Crippen LogP contribution < -0.4 is 9.47 Å². The van der Waals surface area contributed by atoms with Crippen molar-refractivity contribution in [2.24, 2.45) is 0 Å². The van der Waals surface area contributed by atoms with Crippen LogP contribution in [0.15, 0.2) is 36.9 Å². The zero-order valence-corrected chi connectivity index (χ0v) is 13.7. The minimum absolute atomic E-state index is 0.0443. The zero-order chi connectivity index (χ0) is 16.7. The highest BCUT2D eigenvalue weighted by Gasteiger charge is 2.19. The highest BCUT2D eigenvalue weighted by atomic mass is 16.5. The SMILES string of the molecule is CCOc1ccccc1OCCN(C)C(=O)C(C)n1cncn1. The molecule has 1 aromatic heterocycles. The largest absolute Gasteiger partial charge is 0.490 e. The van der Waals surface area contributed by atoms with Crippen LogP contribution in [0.4, 0.5) is 0 Å². The number of carbonyl (C=O) groups excluding carboxylic acids is 1. The first-order chi connectivity index (χ1) is 11.1. The second kappa shape index (κ2) is 8.17. The van der Waals surface area contributed by atoms with Crippen LogP contribution in [0.2, 0.25) is 0 Å². The molecule has 1 unspecified atom stereocenters. The second-order valence-electron chi connectivity index (χ2n) is 5.04. The molecule has 2 aromatic rings. The van der Waals surface area contributed by atoms with Crippen LogP contribution in [0, 0.1) is 0 Å². The Bertz CT molecular complexity index is 616. The van der Waals surface area contributed by atoms with Crippen LogP contribution in [0.25, 0.3) is 0 Å². The van der Waals surface area contributed by atoms with Gasteiger partial charge in [-0.1, -0.05) is 12.1 Å². The van der Waals surface area contributed by atoms with E-state index in [1.165, 1.54) is 17.3 Å². The van der Waals surface area contributed by atoms with Gasteiger partial charge in [0.25, 0.3) is 0 Å². The van der Waals surface area contributed by atoms with Gasteiger partial charge < -0.3 is 14.4 Å². The molecule has 0 radical (unpaired) electrons. The Morgan fingerprint density at radius 3 is 2.61 bits per heavy atom. The first-order valence-corrected chi connectivity index (χ1v) is 7.57. The number of para-hydroxylation sites is 2. The highest BCUT2D eigenvalue weighted by molar-refractivity contribution is 5.79. The molecule has 0 spiro atoms. The summed E-state index contributed by atoms with van der Waals surface area (Å²) in [4.78, 5) is 17.8. The topological polar surface area (TPSA) is 69.5 Å². The predicted molar refractivity (Wildman–Crippen MR) is 85.5 cm³/mol. The smallest absolute Gasteiger partial charge is 0.247 e. The van der Waals surface area contributed by atoms with Crippen LogP contribution >= 0.6 is 0 Å². The third-order valence-electron chi connectivity index (χ3n) is 3.40. The molecule has 2 rings (SSSR count). The fourth-order valence-corrected chi connectivity index (χ4v) is 2.10. The van der Waals surface area contributed by atoms with Crippen molar-refractivity contribution < 1.29 is 14.3 Å². The van der Waals surface area contributed by atoms with E-state index in [-0.39, 0.29) is 5.91 Å². The second-order valence-corrected chi connectivity index (χ2v) is 5.04. The Balaban J connectivity index is 1.85. The summed E-state index contributed by atoms with van der Waals surface area (Å²) in [7, 11) is 1.74. The molecule has 7 heteroatoms. The van der Waals surface area contributed by atoms with Crippen LogP contribution in [-0.4, -0.2) is 52.4 Å². The van der Waals surface area contributed by atoms with Crippen LogP contribution in [0.3, 0.4) is 0 Å². The lowest BCUT2D eigenvalue weighted by atomic mass is 10.3. The summed E-state index contributed by atoms with van der Waals surface area (Å²) in [5.74, 6) is 1.34. The number of rotatable bonds is 8. The van der Waals surface area contributed by atoms with Gasteiger partial charge in [0, 0.05) is 7.05 Å². The first kappa shape index (κ1) is 16.8. The molecule has 0 N–H and O–H groups in total. The number of likely N-dealkylation sites (N-methyl/N-ethyl adjacent to an activating group) is 1. The highest BCUT2D eigenvalue weighted by Crippen LogP contribution is 2.26. The van der Waals surface area contributed by atoms with E-state index in [9.17, 15) is 4.79 Å². The van der Waals surface area contributed by atoms with Crippen LogP contribution in [0.1, 0.15) is 19.9 Å². The molecule has 0 aliphatic heterocycles. The lowest BCUT2D eigenvalue weighted by Gasteiger charge is -2.21. The third-order valence-corrected chi connectivity index (χ3v) is 3.40. The first-order valence-electron chi connectivity index (χ1n) is 7.57. The van der Waals surface area contributed by atoms with Gasteiger partial charge in [0.05, 0.1) is 13.2 Å². The number of carbonyl (C=O) groups is 1. The van der Waals surface area contributed by atoms with Crippen molar-refractivity contribution in [3.63, 3.8) is 0 Å². The molecule has 0 saturated heterocycles. The van der Waals surface area contributed by atoms with Crippen molar-refractivity contribution in [1.29, 1.82) is 0 Å². The maximum absolute atomic E-state index is 12.3. The summed E-state index contributed by atoms with van der Waals surface area (Å²) >= 11 is 0. The Morgan fingerprint density at radius 1 is 1.30 bits per heavy atom. The minimum Gasteiger partial charge on any atom is -0.490 e. The maximum atomic E-state index is 12.3. The van der Waals surface area contributed by atoms with Crippen molar-refractivity contribution in [2.75, 3.05) is 26.8 Å². The fraction of sp³-hybridized carbons (Fsp3) is 0.438. The molecule has 0 saturated carbocycles. The van der Waals surface area contributed by atoms with Gasteiger partial charge >= 0.3 is 0 Å². The summed E-state index contributed by atoms with van der Waals surface area (Å²) in [6.45, 7) is 5.15. The molecule has 1 heterocycles. The van der Waals surface area contributed by atoms with Gasteiger partial charge in [-0.15, -0.1) is 0 Å². The molecule has 1 aromatic carbocycles. The van der Waals surface area contributed by atoms with E-state index in [2.05, 4.69) is 10.1 Å². The minimum atomic E-state index is -0.391. The number of nitrogens with zero attached hydrogens (tertiary/aromatic N) is 4. The Morgan fingerprint density at radius 2 is 2.00 bits per heavy atom. The standard InChI is InChI=1S/C16H22N4O3/c1-4-22-14-7-5-6-8-15(14)23-10-9-19(3)16(21)13(2)20-12-17-11-18-20/h5-8,11-13H,4,9-10H2,1-3H3. The predicted octanol–water partition coefficient (Wildman–Crippen LogP) is 1.78. The van der Waals surface area contributed by atoms with Crippen LogP contribution in [0.5, 0.6) is 11.5 Å². The lowest BCUT2D eigenvalue weighted by molar-refractivity contribution is -0.133. The fourth-order valence-electron chi connectivity index (χ4n) is 2.10. The van der Waals surface area contributed by atoms with Gasteiger partial charge in [0.1, 0.15) is 25.3 Å². The van der Waals surface area contributed by atoms with Gasteiger partial charge in [0.2, 0.25) is 5.91 Å². The average Bonchev–Trinajstić information content (AvgIpc) is 3.09. The third kappa shape index (κ3) is 4.45. The quantitative estimate of drug-likeness (QED) is 0.742. The van der Waals surface area contributed by atoms with Crippen LogP contribution in [-0.2, 0) is 4.79 Å². The number of ether oxygens (including phenoxy) is 2. The van der Waals surface area contributed by atoms with E-state index < -0.39 is 6.04 Å². The van der Waals surface area contributed by atoms with E-state index in [0.717, 1.165) is 0 Å². The number of aromatic nitrogens is 3. The van der Waals surface area contributed by atoms with E-state index in [0.29, 0.717) is 31.3 Å². The zero-order valence-electron chi connectivity index (χ0n) is 13.7. The summed E-state index contributed by atoms with van der Waals surface area (Å²) < 4.78 is 12.8.